The van der Waals surface area contributed by atoms with E-state index < -0.39 is 0 Å². The molecule has 2 heterocycles. The summed E-state index contributed by atoms with van der Waals surface area (Å²) in [5.41, 5.74) is 1.37. The van der Waals surface area contributed by atoms with Gasteiger partial charge in [-0.1, -0.05) is 6.07 Å². The highest BCUT2D eigenvalue weighted by atomic mass is 15.2. The van der Waals surface area contributed by atoms with Gasteiger partial charge < -0.3 is 0 Å². The highest BCUT2D eigenvalue weighted by molar-refractivity contribution is 5.15. The largest absolute Gasteiger partial charge is 0.294 e. The van der Waals surface area contributed by atoms with E-state index in [0.717, 1.165) is 0 Å². The minimum Gasteiger partial charge on any atom is -0.294 e. The molecule has 0 aromatic carbocycles. The van der Waals surface area contributed by atoms with E-state index in [1.54, 1.807) is 0 Å². The molecular formula is C12H18N2. The predicted octanol–water partition coefficient (Wildman–Crippen LogP) is 2.63. The lowest BCUT2D eigenvalue weighted by Crippen LogP contribution is -2.30. The summed E-state index contributed by atoms with van der Waals surface area (Å²) in [6.07, 6.45) is 6.45. The van der Waals surface area contributed by atoms with Gasteiger partial charge in [0.15, 0.2) is 0 Å². The van der Waals surface area contributed by atoms with Crippen molar-refractivity contribution >= 4 is 0 Å². The summed E-state index contributed by atoms with van der Waals surface area (Å²) in [5.74, 6) is 0. The third-order valence-electron chi connectivity index (χ3n) is 3.03. The Morgan fingerprint density at radius 2 is 2.36 bits per heavy atom. The second-order valence-corrected chi connectivity index (χ2v) is 4.28. The smallest absolute Gasteiger partial charge is 0.0366 e. The Morgan fingerprint density at radius 3 is 3.00 bits per heavy atom. The van der Waals surface area contributed by atoms with Crippen molar-refractivity contribution in [2.24, 2.45) is 0 Å². The zero-order chi connectivity index (χ0) is 9.97. The van der Waals surface area contributed by atoms with E-state index in [2.05, 4.69) is 29.8 Å². The number of rotatable bonds is 2. The SMILES string of the molecule is CC(C)N1CCCC1c1cccnc1. The molecule has 1 saturated heterocycles. The average molecular weight is 190 g/mol. The summed E-state index contributed by atoms with van der Waals surface area (Å²) in [5, 5.41) is 0. The summed E-state index contributed by atoms with van der Waals surface area (Å²) >= 11 is 0. The molecule has 1 aromatic rings. The minimum atomic E-state index is 0.601. The van der Waals surface area contributed by atoms with Gasteiger partial charge in [0.25, 0.3) is 0 Å². The van der Waals surface area contributed by atoms with Crippen LogP contribution in [0.4, 0.5) is 0 Å². The highest BCUT2D eigenvalue weighted by Crippen LogP contribution is 2.32. The van der Waals surface area contributed by atoms with Gasteiger partial charge in [-0.2, -0.15) is 0 Å². The monoisotopic (exact) mass is 190 g/mol. The maximum atomic E-state index is 4.20. The molecule has 1 unspecified atom stereocenters. The van der Waals surface area contributed by atoms with Gasteiger partial charge in [-0.3, -0.25) is 9.88 Å². The van der Waals surface area contributed by atoms with Crippen LogP contribution in [-0.2, 0) is 0 Å². The first-order chi connectivity index (χ1) is 6.79. The molecule has 0 radical (unpaired) electrons. The molecule has 0 saturated carbocycles. The molecule has 0 bridgehead atoms. The van der Waals surface area contributed by atoms with E-state index in [1.807, 2.05) is 18.5 Å². The third-order valence-corrected chi connectivity index (χ3v) is 3.03. The van der Waals surface area contributed by atoms with Crippen LogP contribution in [0.15, 0.2) is 24.5 Å². The molecule has 76 valence electrons. The molecule has 0 amide bonds. The number of hydrogen-bond acceptors (Lipinski definition) is 2. The Balaban J connectivity index is 2.18. The first-order valence-corrected chi connectivity index (χ1v) is 5.44. The molecule has 1 atom stereocenters. The second kappa shape index (κ2) is 4.09. The lowest BCUT2D eigenvalue weighted by Gasteiger charge is -2.28. The number of nitrogens with zero attached hydrogens (tertiary/aromatic N) is 2. The molecule has 1 aromatic heterocycles. The third kappa shape index (κ3) is 1.80. The predicted molar refractivity (Wildman–Crippen MR) is 58.1 cm³/mol. The van der Waals surface area contributed by atoms with Crippen molar-refractivity contribution in [1.29, 1.82) is 0 Å². The van der Waals surface area contributed by atoms with Gasteiger partial charge in [0.1, 0.15) is 0 Å². The molecule has 2 nitrogen and oxygen atoms in total. The first kappa shape index (κ1) is 9.66. The molecule has 14 heavy (non-hydrogen) atoms. The lowest BCUT2D eigenvalue weighted by atomic mass is 10.1. The van der Waals surface area contributed by atoms with Crippen molar-refractivity contribution in [1.82, 2.24) is 9.88 Å². The number of pyridine rings is 1. The molecule has 2 heteroatoms. The molecule has 0 spiro atoms. The Bertz CT molecular complexity index is 282. The zero-order valence-corrected chi connectivity index (χ0v) is 8.98. The van der Waals surface area contributed by atoms with E-state index in [-0.39, 0.29) is 0 Å². The fourth-order valence-corrected chi connectivity index (χ4v) is 2.34. The Morgan fingerprint density at radius 1 is 1.50 bits per heavy atom. The highest BCUT2D eigenvalue weighted by Gasteiger charge is 2.27. The molecule has 1 fully saturated rings. The summed E-state index contributed by atoms with van der Waals surface area (Å²) in [4.78, 5) is 6.76. The Labute approximate surface area is 86.0 Å². The fraction of sp³-hybridized carbons (Fsp3) is 0.583. The van der Waals surface area contributed by atoms with Gasteiger partial charge in [-0.25, -0.2) is 0 Å². The Kier molecular flexibility index (Phi) is 2.82. The maximum Gasteiger partial charge on any atom is 0.0366 e. The van der Waals surface area contributed by atoms with Gasteiger partial charge in [0.05, 0.1) is 0 Å². The minimum absolute atomic E-state index is 0.601. The van der Waals surface area contributed by atoms with Crippen LogP contribution >= 0.6 is 0 Å². The van der Waals surface area contributed by atoms with Crippen LogP contribution in [0.2, 0.25) is 0 Å². The molecular weight excluding hydrogens is 172 g/mol. The van der Waals surface area contributed by atoms with Gasteiger partial charge in [0, 0.05) is 24.5 Å². The van der Waals surface area contributed by atoms with E-state index in [9.17, 15) is 0 Å². The summed E-state index contributed by atoms with van der Waals surface area (Å²) in [7, 11) is 0. The average Bonchev–Trinajstić information content (AvgIpc) is 2.67. The van der Waals surface area contributed by atoms with Crippen LogP contribution < -0.4 is 0 Å². The van der Waals surface area contributed by atoms with Crippen molar-refractivity contribution in [3.8, 4) is 0 Å². The number of hydrogen-bond donors (Lipinski definition) is 0. The van der Waals surface area contributed by atoms with Crippen molar-refractivity contribution in [2.75, 3.05) is 6.54 Å². The molecule has 1 aliphatic heterocycles. The van der Waals surface area contributed by atoms with Crippen molar-refractivity contribution in [3.05, 3.63) is 30.1 Å². The van der Waals surface area contributed by atoms with Crippen LogP contribution in [0, 0.1) is 0 Å². The normalized spacial score (nSPS) is 23.2. The first-order valence-electron chi connectivity index (χ1n) is 5.44. The van der Waals surface area contributed by atoms with Crippen LogP contribution in [0.3, 0.4) is 0 Å². The number of likely N-dealkylation sites (tertiary alicyclic amines) is 1. The summed E-state index contributed by atoms with van der Waals surface area (Å²) in [6.45, 7) is 5.78. The van der Waals surface area contributed by atoms with E-state index in [4.69, 9.17) is 0 Å². The van der Waals surface area contributed by atoms with Gasteiger partial charge in [0.2, 0.25) is 0 Å². The quantitative estimate of drug-likeness (QED) is 0.712. The van der Waals surface area contributed by atoms with Crippen LogP contribution in [0.1, 0.15) is 38.3 Å². The molecule has 2 rings (SSSR count). The zero-order valence-electron chi connectivity index (χ0n) is 8.98. The van der Waals surface area contributed by atoms with Crippen molar-refractivity contribution in [3.63, 3.8) is 0 Å². The maximum absolute atomic E-state index is 4.20. The second-order valence-electron chi connectivity index (χ2n) is 4.28. The van der Waals surface area contributed by atoms with Gasteiger partial charge >= 0.3 is 0 Å². The molecule has 0 aliphatic carbocycles. The molecule has 0 N–H and O–H groups in total. The van der Waals surface area contributed by atoms with Crippen LogP contribution in [0.5, 0.6) is 0 Å². The summed E-state index contributed by atoms with van der Waals surface area (Å²) in [6, 6.07) is 5.47. The lowest BCUT2D eigenvalue weighted by molar-refractivity contribution is 0.205. The van der Waals surface area contributed by atoms with E-state index >= 15 is 0 Å². The van der Waals surface area contributed by atoms with Crippen LogP contribution in [0.25, 0.3) is 0 Å². The van der Waals surface area contributed by atoms with Crippen LogP contribution in [-0.4, -0.2) is 22.5 Å². The van der Waals surface area contributed by atoms with E-state index in [1.165, 1.54) is 24.9 Å². The number of aromatic nitrogens is 1. The fourth-order valence-electron chi connectivity index (χ4n) is 2.34. The van der Waals surface area contributed by atoms with Crippen molar-refractivity contribution in [2.45, 2.75) is 38.8 Å². The topological polar surface area (TPSA) is 16.1 Å². The van der Waals surface area contributed by atoms with Gasteiger partial charge in [-0.05, 0) is 44.9 Å². The molecule has 1 aliphatic rings. The van der Waals surface area contributed by atoms with Crippen molar-refractivity contribution < 1.29 is 0 Å². The van der Waals surface area contributed by atoms with E-state index in [0.29, 0.717) is 12.1 Å². The summed E-state index contributed by atoms with van der Waals surface area (Å²) < 4.78 is 0. The Hall–Kier alpha value is -0.890. The van der Waals surface area contributed by atoms with Gasteiger partial charge in [-0.15, -0.1) is 0 Å². The standard InChI is InChI=1S/C12H18N2/c1-10(2)14-8-4-6-12(14)11-5-3-7-13-9-11/h3,5,7,9-10,12H,4,6,8H2,1-2H3.